The minimum absolute atomic E-state index is 0.138. The van der Waals surface area contributed by atoms with Crippen LogP contribution in [0.15, 0.2) is 22.7 Å². The van der Waals surface area contributed by atoms with Crippen LogP contribution in [-0.2, 0) is 10.8 Å². The van der Waals surface area contributed by atoms with Crippen LogP contribution in [0.2, 0.25) is 0 Å². The second-order valence-electron chi connectivity index (χ2n) is 4.36. The molecule has 0 saturated carbocycles. The average Bonchev–Trinajstić information content (AvgIpc) is 2.36. The van der Waals surface area contributed by atoms with Crippen LogP contribution in [-0.4, -0.2) is 33.1 Å². The summed E-state index contributed by atoms with van der Waals surface area (Å²) in [5.74, 6) is 0.104. The number of rotatable bonds is 6. The van der Waals surface area contributed by atoms with E-state index in [4.69, 9.17) is 0 Å². The Bertz CT molecular complexity index is 550. The third-order valence-corrected chi connectivity index (χ3v) is 4.12. The molecule has 2 atom stereocenters. The zero-order chi connectivity index (χ0) is 15.3. The third kappa shape index (κ3) is 5.01. The van der Waals surface area contributed by atoms with Crippen molar-refractivity contribution in [2.75, 3.05) is 12.0 Å². The van der Waals surface area contributed by atoms with E-state index in [1.165, 1.54) is 18.2 Å². The molecule has 1 aromatic carbocycles. The highest BCUT2D eigenvalue weighted by atomic mass is 79.9. The molecule has 20 heavy (non-hydrogen) atoms. The van der Waals surface area contributed by atoms with Crippen molar-refractivity contribution in [2.45, 2.75) is 19.4 Å². The predicted octanol–water partition coefficient (Wildman–Crippen LogP) is 2.24. The number of nitro benzene ring substituents is 1. The highest BCUT2D eigenvalue weighted by molar-refractivity contribution is 9.10. The number of nitro groups is 1. The van der Waals surface area contributed by atoms with Gasteiger partial charge in [-0.3, -0.25) is 19.1 Å². The van der Waals surface area contributed by atoms with E-state index in [2.05, 4.69) is 21.2 Å². The standard InChI is InChI=1S/C12H15BrN2O4S/c1-8(5-6-20(2)19)14-12(16)10-7-9(15(17)18)3-4-11(10)13/h3-4,7-8H,5-6H2,1-2H3,(H,14,16). The quantitative estimate of drug-likeness (QED) is 0.620. The molecule has 6 nitrogen and oxygen atoms in total. The molecule has 0 aliphatic rings. The van der Waals surface area contributed by atoms with Gasteiger partial charge in [0.25, 0.3) is 11.6 Å². The summed E-state index contributed by atoms with van der Waals surface area (Å²) in [5, 5.41) is 13.4. The van der Waals surface area contributed by atoms with E-state index in [9.17, 15) is 19.1 Å². The molecule has 1 amide bonds. The Morgan fingerprint density at radius 1 is 1.55 bits per heavy atom. The van der Waals surface area contributed by atoms with Crippen LogP contribution in [0, 0.1) is 10.1 Å². The Morgan fingerprint density at radius 3 is 2.75 bits per heavy atom. The molecule has 0 heterocycles. The maximum Gasteiger partial charge on any atom is 0.270 e. The van der Waals surface area contributed by atoms with Gasteiger partial charge >= 0.3 is 0 Å². The average molecular weight is 363 g/mol. The number of carbonyl (C=O) groups is 1. The molecule has 0 aliphatic carbocycles. The predicted molar refractivity (Wildman–Crippen MR) is 81.3 cm³/mol. The van der Waals surface area contributed by atoms with Crippen molar-refractivity contribution < 1.29 is 13.9 Å². The summed E-state index contributed by atoms with van der Waals surface area (Å²) >= 11 is 3.20. The second-order valence-corrected chi connectivity index (χ2v) is 6.77. The lowest BCUT2D eigenvalue weighted by Gasteiger charge is -2.13. The second kappa shape index (κ2) is 7.49. The highest BCUT2D eigenvalue weighted by Crippen LogP contribution is 2.22. The third-order valence-electron chi connectivity index (χ3n) is 2.62. The molecule has 0 saturated heterocycles. The van der Waals surface area contributed by atoms with Crippen molar-refractivity contribution in [3.8, 4) is 0 Å². The Labute approximate surface area is 127 Å². The number of nitrogens with one attached hydrogen (secondary N) is 1. The Morgan fingerprint density at radius 2 is 2.20 bits per heavy atom. The van der Waals surface area contributed by atoms with Gasteiger partial charge in [0.05, 0.1) is 10.5 Å². The summed E-state index contributed by atoms with van der Waals surface area (Å²) in [5.41, 5.74) is 0.0735. The summed E-state index contributed by atoms with van der Waals surface area (Å²) in [6, 6.07) is 3.87. The van der Waals surface area contributed by atoms with Gasteiger partial charge in [-0.1, -0.05) is 0 Å². The smallest absolute Gasteiger partial charge is 0.270 e. The lowest BCUT2D eigenvalue weighted by atomic mass is 10.1. The van der Waals surface area contributed by atoms with Crippen molar-refractivity contribution >= 4 is 38.3 Å². The van der Waals surface area contributed by atoms with Gasteiger partial charge in [0, 0.05) is 45.5 Å². The van der Waals surface area contributed by atoms with Crippen molar-refractivity contribution in [1.82, 2.24) is 5.32 Å². The van der Waals surface area contributed by atoms with E-state index < -0.39 is 21.6 Å². The summed E-state index contributed by atoms with van der Waals surface area (Å²) in [6.45, 7) is 1.80. The molecule has 110 valence electrons. The van der Waals surface area contributed by atoms with Crippen molar-refractivity contribution in [1.29, 1.82) is 0 Å². The Kier molecular flexibility index (Phi) is 6.28. The fourth-order valence-electron chi connectivity index (χ4n) is 1.52. The van der Waals surface area contributed by atoms with Gasteiger partial charge in [-0.15, -0.1) is 0 Å². The first-order valence-electron chi connectivity index (χ1n) is 5.86. The summed E-state index contributed by atoms with van der Waals surface area (Å²) < 4.78 is 11.5. The number of hydrogen-bond donors (Lipinski definition) is 1. The van der Waals surface area contributed by atoms with E-state index in [0.29, 0.717) is 16.6 Å². The van der Waals surface area contributed by atoms with E-state index >= 15 is 0 Å². The van der Waals surface area contributed by atoms with Crippen molar-refractivity contribution in [3.63, 3.8) is 0 Å². The SMILES string of the molecule is CC(CCS(C)=O)NC(=O)c1cc([N+](=O)[O-])ccc1Br. The fourth-order valence-corrected chi connectivity index (χ4v) is 2.63. The first-order valence-corrected chi connectivity index (χ1v) is 8.38. The first kappa shape index (κ1) is 16.8. The molecule has 0 bridgehead atoms. The number of benzene rings is 1. The van der Waals surface area contributed by atoms with Crippen LogP contribution in [0.1, 0.15) is 23.7 Å². The van der Waals surface area contributed by atoms with Gasteiger partial charge < -0.3 is 5.32 Å². The largest absolute Gasteiger partial charge is 0.350 e. The number of amides is 1. The maximum absolute atomic E-state index is 12.1. The van der Waals surface area contributed by atoms with Gasteiger partial charge in [-0.05, 0) is 35.3 Å². The molecule has 0 spiro atoms. The van der Waals surface area contributed by atoms with Gasteiger partial charge in [0.15, 0.2) is 0 Å². The summed E-state index contributed by atoms with van der Waals surface area (Å²) in [7, 11) is -0.910. The summed E-state index contributed by atoms with van der Waals surface area (Å²) in [6.07, 6.45) is 2.19. The van der Waals surface area contributed by atoms with Crippen molar-refractivity contribution in [2.24, 2.45) is 0 Å². The minimum Gasteiger partial charge on any atom is -0.350 e. The van der Waals surface area contributed by atoms with Crippen molar-refractivity contribution in [3.05, 3.63) is 38.3 Å². The summed E-state index contributed by atoms with van der Waals surface area (Å²) in [4.78, 5) is 22.2. The van der Waals surface area contributed by atoms with E-state index in [1.807, 2.05) is 0 Å². The van der Waals surface area contributed by atoms with Gasteiger partial charge in [-0.25, -0.2) is 0 Å². The van der Waals surface area contributed by atoms with E-state index in [1.54, 1.807) is 13.2 Å². The number of nitrogens with zero attached hydrogens (tertiary/aromatic N) is 1. The molecule has 2 unspecified atom stereocenters. The highest BCUT2D eigenvalue weighted by Gasteiger charge is 2.17. The number of hydrogen-bond acceptors (Lipinski definition) is 4. The Balaban J connectivity index is 2.79. The van der Waals surface area contributed by atoms with E-state index in [-0.39, 0.29) is 17.3 Å². The number of carbonyl (C=O) groups excluding carboxylic acids is 1. The molecule has 0 aromatic heterocycles. The minimum atomic E-state index is -0.910. The zero-order valence-corrected chi connectivity index (χ0v) is 13.5. The van der Waals surface area contributed by atoms with Gasteiger partial charge in [-0.2, -0.15) is 0 Å². The maximum atomic E-state index is 12.1. The number of halogens is 1. The van der Waals surface area contributed by atoms with Crippen LogP contribution >= 0.6 is 15.9 Å². The molecular weight excluding hydrogens is 348 g/mol. The normalized spacial score (nSPS) is 13.6. The molecule has 0 radical (unpaired) electrons. The van der Waals surface area contributed by atoms with Crippen LogP contribution in [0.5, 0.6) is 0 Å². The zero-order valence-electron chi connectivity index (χ0n) is 11.1. The Hall–Kier alpha value is -1.28. The molecule has 0 aliphatic heterocycles. The first-order chi connectivity index (χ1) is 9.31. The monoisotopic (exact) mass is 362 g/mol. The molecule has 8 heteroatoms. The van der Waals surface area contributed by atoms with Crippen LogP contribution in [0.25, 0.3) is 0 Å². The topological polar surface area (TPSA) is 89.3 Å². The molecule has 1 N–H and O–H groups in total. The molecule has 0 fully saturated rings. The van der Waals surface area contributed by atoms with Gasteiger partial charge in [0.2, 0.25) is 0 Å². The lowest BCUT2D eigenvalue weighted by Crippen LogP contribution is -2.33. The van der Waals surface area contributed by atoms with Crippen LogP contribution in [0.3, 0.4) is 0 Å². The van der Waals surface area contributed by atoms with E-state index in [0.717, 1.165) is 0 Å². The molecular formula is C12H15BrN2O4S. The molecule has 1 rings (SSSR count). The van der Waals surface area contributed by atoms with Gasteiger partial charge in [0.1, 0.15) is 0 Å². The fraction of sp³-hybridized carbons (Fsp3) is 0.417. The van der Waals surface area contributed by atoms with Crippen LogP contribution < -0.4 is 5.32 Å². The molecule has 1 aromatic rings. The lowest BCUT2D eigenvalue weighted by molar-refractivity contribution is -0.384. The number of non-ortho nitro benzene ring substituents is 1. The van der Waals surface area contributed by atoms with Crippen LogP contribution in [0.4, 0.5) is 5.69 Å².